The van der Waals surface area contributed by atoms with Crippen LogP contribution in [-0.4, -0.2) is 36.2 Å². The van der Waals surface area contributed by atoms with Crippen molar-refractivity contribution in [1.82, 2.24) is 4.90 Å². The monoisotopic (exact) mass is 127 g/mol. The summed E-state index contributed by atoms with van der Waals surface area (Å²) in [7, 11) is 0. The molecule has 1 aliphatic carbocycles. The molecule has 2 aliphatic rings. The zero-order chi connectivity index (χ0) is 6.27. The summed E-state index contributed by atoms with van der Waals surface area (Å²) in [6.45, 7) is 3.74. The van der Waals surface area contributed by atoms with Gasteiger partial charge in [0.05, 0.1) is 6.61 Å². The molecule has 0 aromatic heterocycles. The fraction of sp³-hybridized carbons (Fsp3) is 1.00. The van der Waals surface area contributed by atoms with Crippen molar-refractivity contribution in [1.29, 1.82) is 0 Å². The molecular weight excluding hydrogens is 114 g/mol. The van der Waals surface area contributed by atoms with Crippen LogP contribution in [-0.2, 0) is 0 Å². The van der Waals surface area contributed by atoms with Crippen LogP contribution < -0.4 is 0 Å². The third-order valence-electron chi connectivity index (χ3n) is 2.47. The molecule has 2 fully saturated rings. The number of β-amino-alcohol motifs (C(OH)–C–C–N with tert-alkyl or cyclic N) is 1. The van der Waals surface area contributed by atoms with Gasteiger partial charge in [-0.25, -0.2) is 0 Å². The Morgan fingerprint density at radius 1 is 1.33 bits per heavy atom. The van der Waals surface area contributed by atoms with Crippen LogP contribution in [0.5, 0.6) is 0 Å². The number of aliphatic hydroxyl groups is 1. The van der Waals surface area contributed by atoms with Gasteiger partial charge in [-0.05, 0) is 18.3 Å². The molecule has 52 valence electrons. The number of likely N-dealkylation sites (tertiary alicyclic amines) is 1. The lowest BCUT2D eigenvalue weighted by molar-refractivity contribution is 0.209. The van der Waals surface area contributed by atoms with Crippen molar-refractivity contribution in [3.05, 3.63) is 0 Å². The molecule has 9 heavy (non-hydrogen) atoms. The van der Waals surface area contributed by atoms with E-state index in [1.54, 1.807) is 0 Å². The van der Waals surface area contributed by atoms with E-state index >= 15 is 0 Å². The maximum Gasteiger partial charge on any atom is 0.0558 e. The van der Waals surface area contributed by atoms with E-state index in [0.717, 1.165) is 18.4 Å². The highest BCUT2D eigenvalue weighted by Gasteiger charge is 2.44. The van der Waals surface area contributed by atoms with Gasteiger partial charge in [0, 0.05) is 19.6 Å². The lowest BCUT2D eigenvalue weighted by Crippen LogP contribution is -2.25. The first-order valence-corrected chi connectivity index (χ1v) is 3.73. The first-order valence-electron chi connectivity index (χ1n) is 3.73. The minimum absolute atomic E-state index is 0.333. The molecule has 2 unspecified atom stereocenters. The highest BCUT2D eigenvalue weighted by Crippen LogP contribution is 2.44. The summed E-state index contributed by atoms with van der Waals surface area (Å²) in [4.78, 5) is 2.36. The van der Waals surface area contributed by atoms with E-state index in [4.69, 9.17) is 5.11 Å². The Morgan fingerprint density at radius 3 is 2.56 bits per heavy atom. The van der Waals surface area contributed by atoms with Gasteiger partial charge in [0.25, 0.3) is 0 Å². The van der Waals surface area contributed by atoms with Crippen molar-refractivity contribution in [2.24, 2.45) is 11.8 Å². The summed E-state index contributed by atoms with van der Waals surface area (Å²) in [5.74, 6) is 2.02. The lowest BCUT2D eigenvalue weighted by atomic mass is 10.4. The van der Waals surface area contributed by atoms with Crippen LogP contribution in [0, 0.1) is 11.8 Å². The number of hydrogen-bond donors (Lipinski definition) is 1. The predicted molar refractivity (Wildman–Crippen MR) is 35.1 cm³/mol. The van der Waals surface area contributed by atoms with Gasteiger partial charge in [-0.2, -0.15) is 0 Å². The molecule has 1 saturated carbocycles. The molecule has 0 bridgehead atoms. The number of hydrogen-bond acceptors (Lipinski definition) is 2. The lowest BCUT2D eigenvalue weighted by Gasteiger charge is -2.14. The van der Waals surface area contributed by atoms with Gasteiger partial charge < -0.3 is 10.0 Å². The Bertz CT molecular complexity index is 105. The Labute approximate surface area is 55.5 Å². The molecule has 0 aromatic carbocycles. The minimum Gasteiger partial charge on any atom is -0.395 e. The van der Waals surface area contributed by atoms with Crippen molar-refractivity contribution in [3.63, 3.8) is 0 Å². The van der Waals surface area contributed by atoms with E-state index in [9.17, 15) is 0 Å². The van der Waals surface area contributed by atoms with Crippen LogP contribution in [0.25, 0.3) is 0 Å². The Morgan fingerprint density at radius 2 is 2.00 bits per heavy atom. The van der Waals surface area contributed by atoms with Gasteiger partial charge in [0.2, 0.25) is 0 Å². The normalized spacial score (nSPS) is 41.0. The van der Waals surface area contributed by atoms with E-state index in [0.29, 0.717) is 6.61 Å². The van der Waals surface area contributed by atoms with Crippen molar-refractivity contribution in [2.45, 2.75) is 6.42 Å². The van der Waals surface area contributed by atoms with Gasteiger partial charge in [0.1, 0.15) is 0 Å². The first-order chi connectivity index (χ1) is 4.40. The van der Waals surface area contributed by atoms with E-state index < -0.39 is 0 Å². The summed E-state index contributed by atoms with van der Waals surface area (Å²) in [5, 5.41) is 8.59. The topological polar surface area (TPSA) is 23.5 Å². The molecule has 1 aliphatic heterocycles. The number of nitrogens with zero attached hydrogens (tertiary/aromatic N) is 1. The summed E-state index contributed by atoms with van der Waals surface area (Å²) >= 11 is 0. The van der Waals surface area contributed by atoms with Gasteiger partial charge in [-0.15, -0.1) is 0 Å². The quantitative estimate of drug-likeness (QED) is 0.561. The van der Waals surface area contributed by atoms with Crippen molar-refractivity contribution < 1.29 is 5.11 Å². The van der Waals surface area contributed by atoms with E-state index in [2.05, 4.69) is 4.90 Å². The molecule has 1 heterocycles. The molecular formula is C7H13NO. The number of fused-ring (bicyclic) bond motifs is 1. The molecule has 0 amide bonds. The maximum absolute atomic E-state index is 8.59. The summed E-state index contributed by atoms with van der Waals surface area (Å²) < 4.78 is 0. The van der Waals surface area contributed by atoms with E-state index in [1.807, 2.05) is 0 Å². The first kappa shape index (κ1) is 5.69. The average Bonchev–Trinajstić information content (AvgIpc) is 2.42. The molecule has 0 aromatic rings. The largest absolute Gasteiger partial charge is 0.395 e. The second-order valence-corrected chi connectivity index (χ2v) is 3.24. The minimum atomic E-state index is 0.333. The molecule has 0 spiro atoms. The predicted octanol–water partition coefficient (Wildman–Crippen LogP) is -0.0696. The van der Waals surface area contributed by atoms with Crippen LogP contribution in [0.1, 0.15) is 6.42 Å². The molecule has 1 saturated heterocycles. The average molecular weight is 127 g/mol. The van der Waals surface area contributed by atoms with Crippen LogP contribution in [0.15, 0.2) is 0 Å². The molecule has 2 nitrogen and oxygen atoms in total. The summed E-state index contributed by atoms with van der Waals surface area (Å²) in [6.07, 6.45) is 1.46. The maximum atomic E-state index is 8.59. The number of piperidine rings is 1. The highest BCUT2D eigenvalue weighted by atomic mass is 16.3. The summed E-state index contributed by atoms with van der Waals surface area (Å²) in [5.41, 5.74) is 0. The highest BCUT2D eigenvalue weighted by molar-refractivity contribution is 4.96. The third-order valence-corrected chi connectivity index (χ3v) is 2.47. The zero-order valence-electron chi connectivity index (χ0n) is 5.58. The number of aliphatic hydroxyl groups excluding tert-OH is 1. The second kappa shape index (κ2) is 1.96. The van der Waals surface area contributed by atoms with Crippen molar-refractivity contribution >= 4 is 0 Å². The number of rotatable bonds is 2. The molecule has 2 atom stereocenters. The Balaban J connectivity index is 1.77. The third kappa shape index (κ3) is 0.970. The van der Waals surface area contributed by atoms with E-state index in [1.165, 1.54) is 19.5 Å². The van der Waals surface area contributed by atoms with Crippen molar-refractivity contribution in [3.8, 4) is 0 Å². The molecule has 2 rings (SSSR count). The van der Waals surface area contributed by atoms with Gasteiger partial charge in [-0.1, -0.05) is 0 Å². The standard InChI is InChI=1S/C7H13NO/c9-2-1-8-4-6-3-7(6)5-8/h6-7,9H,1-5H2. The Hall–Kier alpha value is -0.0800. The smallest absolute Gasteiger partial charge is 0.0558 e. The van der Waals surface area contributed by atoms with E-state index in [-0.39, 0.29) is 0 Å². The SMILES string of the molecule is OCCN1CC2CC2C1. The van der Waals surface area contributed by atoms with Crippen LogP contribution >= 0.6 is 0 Å². The molecule has 2 heteroatoms. The van der Waals surface area contributed by atoms with Gasteiger partial charge in [0.15, 0.2) is 0 Å². The molecule has 1 N–H and O–H groups in total. The fourth-order valence-corrected chi connectivity index (χ4v) is 1.82. The zero-order valence-corrected chi connectivity index (χ0v) is 5.58. The van der Waals surface area contributed by atoms with Crippen molar-refractivity contribution in [2.75, 3.05) is 26.2 Å². The van der Waals surface area contributed by atoms with Crippen LogP contribution in [0.3, 0.4) is 0 Å². The van der Waals surface area contributed by atoms with Crippen LogP contribution in [0.2, 0.25) is 0 Å². The second-order valence-electron chi connectivity index (χ2n) is 3.24. The summed E-state index contributed by atoms with van der Waals surface area (Å²) in [6, 6.07) is 0. The van der Waals surface area contributed by atoms with Gasteiger partial charge in [-0.3, -0.25) is 0 Å². The van der Waals surface area contributed by atoms with Crippen LogP contribution in [0.4, 0.5) is 0 Å². The fourth-order valence-electron chi connectivity index (χ4n) is 1.82. The van der Waals surface area contributed by atoms with Gasteiger partial charge >= 0.3 is 0 Å². The Kier molecular flexibility index (Phi) is 1.24. The molecule has 0 radical (unpaired) electrons.